The number of aromatic nitrogens is 4. The summed E-state index contributed by atoms with van der Waals surface area (Å²) in [6, 6.07) is 3.94. The number of fused-ring (bicyclic) bond motifs is 2. The highest BCUT2D eigenvalue weighted by atomic mass is 79.9. The minimum Gasteiger partial charge on any atom is -0.350 e. The largest absolute Gasteiger partial charge is 0.350 e. The van der Waals surface area contributed by atoms with Crippen LogP contribution in [0.25, 0.3) is 11.2 Å². The van der Waals surface area contributed by atoms with Gasteiger partial charge >= 0.3 is 0 Å². The molecule has 0 fully saturated rings. The Kier molecular flexibility index (Phi) is 3.08. The number of H-pyrrole nitrogens is 1. The van der Waals surface area contributed by atoms with E-state index < -0.39 is 0 Å². The van der Waals surface area contributed by atoms with Crippen molar-refractivity contribution in [3.8, 4) is 0 Å². The second-order valence-corrected chi connectivity index (χ2v) is 6.22. The molecule has 0 saturated carbocycles. The Labute approximate surface area is 134 Å². The first kappa shape index (κ1) is 13.0. The smallest absolute Gasteiger partial charge is 0.182 e. The molecule has 1 N–H and O–H groups in total. The van der Waals surface area contributed by atoms with Crippen LogP contribution in [0.2, 0.25) is 5.02 Å². The van der Waals surface area contributed by atoms with Crippen LogP contribution < -0.4 is 4.90 Å². The molecular formula is C14H11BrClN5. The first-order chi connectivity index (χ1) is 10.2. The standard InChI is InChI=1S/C14H11BrClN5/c15-10-1-2-11(16)9-5-21(4-3-8(9)10)14-12-13(18-6-17-12)19-7-20-14/h1-2,6-7H,3-5H2,(H,17,18,19,20). The van der Waals surface area contributed by atoms with E-state index in [2.05, 4.69) is 40.8 Å². The fraction of sp³-hybridized carbons (Fsp3) is 0.214. The highest BCUT2D eigenvalue weighted by Crippen LogP contribution is 2.34. The molecule has 106 valence electrons. The summed E-state index contributed by atoms with van der Waals surface area (Å²) in [7, 11) is 0. The van der Waals surface area contributed by atoms with Gasteiger partial charge in [-0.2, -0.15) is 0 Å². The van der Waals surface area contributed by atoms with E-state index in [4.69, 9.17) is 11.6 Å². The quantitative estimate of drug-likeness (QED) is 0.719. The van der Waals surface area contributed by atoms with Gasteiger partial charge in [-0.3, -0.25) is 0 Å². The van der Waals surface area contributed by atoms with E-state index in [1.54, 1.807) is 12.7 Å². The number of rotatable bonds is 1. The Morgan fingerprint density at radius 1 is 1.19 bits per heavy atom. The first-order valence-corrected chi connectivity index (χ1v) is 7.76. The van der Waals surface area contributed by atoms with E-state index in [0.717, 1.165) is 45.9 Å². The highest BCUT2D eigenvalue weighted by molar-refractivity contribution is 9.10. The van der Waals surface area contributed by atoms with Gasteiger partial charge in [0.2, 0.25) is 0 Å². The molecule has 0 bridgehead atoms. The van der Waals surface area contributed by atoms with Crippen LogP contribution in [0.3, 0.4) is 0 Å². The second kappa shape index (κ2) is 4.96. The summed E-state index contributed by atoms with van der Waals surface area (Å²) in [6.45, 7) is 1.62. The number of aromatic amines is 1. The number of halogens is 2. The zero-order valence-electron chi connectivity index (χ0n) is 11.0. The maximum absolute atomic E-state index is 6.36. The zero-order valence-corrected chi connectivity index (χ0v) is 13.3. The Bertz CT molecular complexity index is 831. The Balaban J connectivity index is 1.79. The summed E-state index contributed by atoms with van der Waals surface area (Å²) in [5.74, 6) is 0.874. The molecule has 3 heterocycles. The van der Waals surface area contributed by atoms with Crippen LogP contribution in [0, 0.1) is 0 Å². The molecule has 0 atom stereocenters. The van der Waals surface area contributed by atoms with Crippen molar-refractivity contribution in [2.24, 2.45) is 0 Å². The van der Waals surface area contributed by atoms with Gasteiger partial charge in [0.1, 0.15) is 11.8 Å². The summed E-state index contributed by atoms with van der Waals surface area (Å²) in [5.41, 5.74) is 4.00. The normalized spacial score (nSPS) is 14.5. The lowest BCUT2D eigenvalue weighted by Crippen LogP contribution is -2.31. The number of hydrogen-bond acceptors (Lipinski definition) is 4. The molecular weight excluding hydrogens is 354 g/mol. The molecule has 0 aliphatic carbocycles. The minimum absolute atomic E-state index is 0.686. The van der Waals surface area contributed by atoms with Gasteiger partial charge in [0.05, 0.1) is 6.33 Å². The van der Waals surface area contributed by atoms with Gasteiger partial charge < -0.3 is 9.88 Å². The molecule has 4 rings (SSSR count). The Morgan fingerprint density at radius 3 is 3.00 bits per heavy atom. The number of benzene rings is 1. The molecule has 0 saturated heterocycles. The van der Waals surface area contributed by atoms with E-state index in [1.165, 1.54) is 5.56 Å². The predicted octanol–water partition coefficient (Wildman–Crippen LogP) is 3.33. The maximum Gasteiger partial charge on any atom is 0.182 e. The van der Waals surface area contributed by atoms with Crippen molar-refractivity contribution in [2.45, 2.75) is 13.0 Å². The lowest BCUT2D eigenvalue weighted by atomic mass is 10.00. The number of nitrogens with zero attached hydrogens (tertiary/aromatic N) is 4. The molecule has 5 nitrogen and oxygen atoms in total. The third kappa shape index (κ3) is 2.10. The molecule has 1 aliphatic rings. The third-order valence-electron chi connectivity index (χ3n) is 3.80. The van der Waals surface area contributed by atoms with Crippen molar-refractivity contribution in [1.29, 1.82) is 0 Å². The molecule has 0 amide bonds. The van der Waals surface area contributed by atoms with E-state index in [1.807, 2.05) is 12.1 Å². The molecule has 1 aromatic carbocycles. The summed E-state index contributed by atoms with van der Waals surface area (Å²) >= 11 is 9.97. The summed E-state index contributed by atoms with van der Waals surface area (Å²) in [4.78, 5) is 18.1. The topological polar surface area (TPSA) is 57.7 Å². The minimum atomic E-state index is 0.686. The van der Waals surface area contributed by atoms with Crippen LogP contribution >= 0.6 is 27.5 Å². The zero-order chi connectivity index (χ0) is 14.4. The fourth-order valence-electron chi connectivity index (χ4n) is 2.77. The summed E-state index contributed by atoms with van der Waals surface area (Å²) < 4.78 is 1.12. The van der Waals surface area contributed by atoms with Gasteiger partial charge in [0.15, 0.2) is 11.5 Å². The summed E-state index contributed by atoms with van der Waals surface area (Å²) in [6.07, 6.45) is 4.12. The van der Waals surface area contributed by atoms with Crippen molar-refractivity contribution in [2.75, 3.05) is 11.4 Å². The van der Waals surface area contributed by atoms with Gasteiger partial charge in [-0.1, -0.05) is 27.5 Å². The van der Waals surface area contributed by atoms with E-state index in [9.17, 15) is 0 Å². The van der Waals surface area contributed by atoms with E-state index in [-0.39, 0.29) is 0 Å². The van der Waals surface area contributed by atoms with Crippen LogP contribution in [0.15, 0.2) is 29.3 Å². The van der Waals surface area contributed by atoms with E-state index >= 15 is 0 Å². The number of imidazole rings is 1. The number of nitrogens with one attached hydrogen (secondary N) is 1. The monoisotopic (exact) mass is 363 g/mol. The highest BCUT2D eigenvalue weighted by Gasteiger charge is 2.23. The number of hydrogen-bond donors (Lipinski definition) is 1. The van der Waals surface area contributed by atoms with Crippen molar-refractivity contribution >= 4 is 44.5 Å². The molecule has 0 spiro atoms. The van der Waals surface area contributed by atoms with Gasteiger partial charge in [0.25, 0.3) is 0 Å². The SMILES string of the molecule is Clc1ccc(Br)c2c1CN(c1ncnc3nc[nH]c13)CC2. The average molecular weight is 365 g/mol. The van der Waals surface area contributed by atoms with Gasteiger partial charge in [-0.25, -0.2) is 15.0 Å². The molecule has 1 aliphatic heterocycles. The summed E-state index contributed by atoms with van der Waals surface area (Å²) in [5, 5.41) is 0.799. The average Bonchev–Trinajstić information content (AvgIpc) is 2.99. The third-order valence-corrected chi connectivity index (χ3v) is 4.90. The van der Waals surface area contributed by atoms with Gasteiger partial charge in [-0.05, 0) is 29.7 Å². The maximum atomic E-state index is 6.36. The second-order valence-electron chi connectivity index (χ2n) is 4.96. The molecule has 2 aromatic heterocycles. The van der Waals surface area contributed by atoms with Gasteiger partial charge in [0, 0.05) is 22.6 Å². The van der Waals surface area contributed by atoms with Crippen molar-refractivity contribution < 1.29 is 0 Å². The molecule has 0 radical (unpaired) electrons. The fourth-order valence-corrected chi connectivity index (χ4v) is 3.57. The van der Waals surface area contributed by atoms with Crippen LogP contribution in [-0.4, -0.2) is 26.5 Å². The van der Waals surface area contributed by atoms with Crippen LogP contribution in [0.5, 0.6) is 0 Å². The predicted molar refractivity (Wildman–Crippen MR) is 85.6 cm³/mol. The van der Waals surface area contributed by atoms with Crippen LogP contribution in [-0.2, 0) is 13.0 Å². The van der Waals surface area contributed by atoms with Crippen molar-refractivity contribution in [3.63, 3.8) is 0 Å². The van der Waals surface area contributed by atoms with Crippen molar-refractivity contribution in [1.82, 2.24) is 19.9 Å². The number of anilines is 1. The first-order valence-electron chi connectivity index (χ1n) is 6.59. The van der Waals surface area contributed by atoms with Crippen LogP contribution in [0.1, 0.15) is 11.1 Å². The lowest BCUT2D eigenvalue weighted by Gasteiger charge is -2.31. The molecule has 21 heavy (non-hydrogen) atoms. The lowest BCUT2D eigenvalue weighted by molar-refractivity contribution is 0.720. The van der Waals surface area contributed by atoms with Crippen LogP contribution in [0.4, 0.5) is 5.82 Å². The van der Waals surface area contributed by atoms with E-state index in [0.29, 0.717) is 5.65 Å². The molecule has 0 unspecified atom stereocenters. The Morgan fingerprint density at radius 2 is 2.10 bits per heavy atom. The Hall–Kier alpha value is -1.66. The van der Waals surface area contributed by atoms with Gasteiger partial charge in [-0.15, -0.1) is 0 Å². The molecule has 3 aromatic rings. The van der Waals surface area contributed by atoms with Crippen molar-refractivity contribution in [3.05, 3.63) is 45.4 Å². The molecule has 7 heteroatoms.